The number of carbonyl (C=O) groups is 1. The van der Waals surface area contributed by atoms with Crippen LogP contribution in [0.25, 0.3) is 0 Å². The monoisotopic (exact) mass is 302 g/mol. The molecule has 0 fully saturated rings. The van der Waals surface area contributed by atoms with Crippen LogP contribution < -0.4 is 10.2 Å². The van der Waals surface area contributed by atoms with Crippen molar-refractivity contribution in [2.24, 2.45) is 0 Å². The van der Waals surface area contributed by atoms with Gasteiger partial charge >= 0.3 is 4.87 Å². The minimum atomic E-state index is -0.0969. The molecule has 110 valence electrons. The number of aryl methyl sites for hydroxylation is 2. The largest absolute Gasteiger partial charge is 0.348 e. The third-order valence-corrected chi connectivity index (χ3v) is 4.86. The van der Waals surface area contributed by atoms with E-state index in [-0.39, 0.29) is 23.4 Å². The summed E-state index contributed by atoms with van der Waals surface area (Å²) < 4.78 is 1.52. The molecule has 1 aromatic carbocycles. The molecule has 0 saturated heterocycles. The standard InChI is InChI=1S/C16H18N2O2S/c1-11-10-21-16(20)18(11)9-15(19)17-14-8-4-6-12-5-2-3-7-13(12)14/h2-3,5,7,10,14H,4,6,8-9H2,1H3,(H,17,19). The zero-order chi connectivity index (χ0) is 14.8. The van der Waals surface area contributed by atoms with Crippen LogP contribution in [-0.4, -0.2) is 10.5 Å². The number of hydrogen-bond donors (Lipinski definition) is 1. The van der Waals surface area contributed by atoms with Gasteiger partial charge in [0.25, 0.3) is 0 Å². The number of nitrogens with zero attached hydrogens (tertiary/aromatic N) is 1. The van der Waals surface area contributed by atoms with Gasteiger partial charge in [0.1, 0.15) is 6.54 Å². The quantitative estimate of drug-likeness (QED) is 0.946. The molecule has 2 aromatic rings. The molecule has 3 rings (SSSR count). The predicted octanol–water partition coefficient (Wildman–Crippen LogP) is 2.41. The van der Waals surface area contributed by atoms with Gasteiger partial charge in [0.15, 0.2) is 0 Å². The lowest BCUT2D eigenvalue weighted by molar-refractivity contribution is -0.122. The van der Waals surface area contributed by atoms with Gasteiger partial charge in [-0.25, -0.2) is 0 Å². The molecule has 1 aliphatic rings. The lowest BCUT2D eigenvalue weighted by Crippen LogP contribution is -2.35. The lowest BCUT2D eigenvalue weighted by atomic mass is 9.88. The molecule has 1 aliphatic carbocycles. The van der Waals surface area contributed by atoms with E-state index in [1.807, 2.05) is 19.1 Å². The Labute approximate surface area is 127 Å². The molecule has 1 amide bonds. The van der Waals surface area contributed by atoms with Crippen LogP contribution in [0.4, 0.5) is 0 Å². The molecule has 0 aliphatic heterocycles. The minimum absolute atomic E-state index is 0.0668. The highest BCUT2D eigenvalue weighted by Crippen LogP contribution is 2.29. The summed E-state index contributed by atoms with van der Waals surface area (Å²) in [5.74, 6) is -0.0969. The van der Waals surface area contributed by atoms with E-state index in [1.54, 1.807) is 5.38 Å². The van der Waals surface area contributed by atoms with Crippen LogP contribution >= 0.6 is 11.3 Å². The maximum absolute atomic E-state index is 12.2. The maximum Gasteiger partial charge on any atom is 0.307 e. The van der Waals surface area contributed by atoms with Crippen LogP contribution in [-0.2, 0) is 17.8 Å². The van der Waals surface area contributed by atoms with Crippen molar-refractivity contribution in [1.82, 2.24) is 9.88 Å². The van der Waals surface area contributed by atoms with Crippen molar-refractivity contribution in [1.29, 1.82) is 0 Å². The van der Waals surface area contributed by atoms with Crippen LogP contribution in [0, 0.1) is 6.92 Å². The van der Waals surface area contributed by atoms with Crippen LogP contribution in [0.1, 0.15) is 35.7 Å². The first-order chi connectivity index (χ1) is 10.1. The van der Waals surface area contributed by atoms with Crippen molar-refractivity contribution in [2.45, 2.75) is 38.8 Å². The fourth-order valence-electron chi connectivity index (χ4n) is 2.88. The van der Waals surface area contributed by atoms with Crippen molar-refractivity contribution in [3.63, 3.8) is 0 Å². The normalized spacial score (nSPS) is 17.3. The van der Waals surface area contributed by atoms with E-state index in [4.69, 9.17) is 0 Å². The van der Waals surface area contributed by atoms with Crippen molar-refractivity contribution in [3.05, 3.63) is 56.1 Å². The van der Waals surface area contributed by atoms with Crippen LogP contribution in [0.3, 0.4) is 0 Å². The molecule has 1 N–H and O–H groups in total. The van der Waals surface area contributed by atoms with Gasteiger partial charge in [-0.2, -0.15) is 0 Å². The summed E-state index contributed by atoms with van der Waals surface area (Å²) in [4.78, 5) is 23.8. The molecule has 0 spiro atoms. The van der Waals surface area contributed by atoms with Gasteiger partial charge in [-0.15, -0.1) is 0 Å². The van der Waals surface area contributed by atoms with E-state index in [0.29, 0.717) is 0 Å². The van der Waals surface area contributed by atoms with E-state index in [1.165, 1.54) is 15.7 Å². The molecule has 0 saturated carbocycles. The molecule has 5 heteroatoms. The number of carbonyl (C=O) groups excluding carboxylic acids is 1. The SMILES string of the molecule is Cc1csc(=O)n1CC(=O)NC1CCCc2ccccc21. The second-order valence-electron chi connectivity index (χ2n) is 5.44. The van der Waals surface area contributed by atoms with Crippen LogP contribution in [0.15, 0.2) is 34.4 Å². The Morgan fingerprint density at radius 1 is 1.43 bits per heavy atom. The molecule has 0 radical (unpaired) electrons. The summed E-state index contributed by atoms with van der Waals surface area (Å²) in [7, 11) is 0. The van der Waals surface area contributed by atoms with Gasteiger partial charge in [-0.05, 0) is 37.3 Å². The number of fused-ring (bicyclic) bond motifs is 1. The van der Waals surface area contributed by atoms with Crippen molar-refractivity contribution < 1.29 is 4.79 Å². The molecule has 0 bridgehead atoms. The Morgan fingerprint density at radius 2 is 2.24 bits per heavy atom. The number of aromatic nitrogens is 1. The Morgan fingerprint density at radius 3 is 3.00 bits per heavy atom. The maximum atomic E-state index is 12.2. The van der Waals surface area contributed by atoms with E-state index >= 15 is 0 Å². The first-order valence-electron chi connectivity index (χ1n) is 7.17. The molecular weight excluding hydrogens is 284 g/mol. The van der Waals surface area contributed by atoms with E-state index < -0.39 is 0 Å². The molecular formula is C16H18N2O2S. The lowest BCUT2D eigenvalue weighted by Gasteiger charge is -2.26. The Balaban J connectivity index is 1.73. The Bertz CT molecular complexity index is 717. The van der Waals surface area contributed by atoms with Crippen LogP contribution in [0.2, 0.25) is 0 Å². The average molecular weight is 302 g/mol. The number of rotatable bonds is 3. The summed E-state index contributed by atoms with van der Waals surface area (Å²) >= 11 is 1.14. The van der Waals surface area contributed by atoms with E-state index in [2.05, 4.69) is 17.4 Å². The van der Waals surface area contributed by atoms with Crippen LogP contribution in [0.5, 0.6) is 0 Å². The van der Waals surface area contributed by atoms with E-state index in [9.17, 15) is 9.59 Å². The Hall–Kier alpha value is -1.88. The zero-order valence-corrected chi connectivity index (χ0v) is 12.8. The second kappa shape index (κ2) is 5.85. The van der Waals surface area contributed by atoms with Gasteiger partial charge in [0, 0.05) is 11.1 Å². The minimum Gasteiger partial charge on any atom is -0.348 e. The second-order valence-corrected chi connectivity index (χ2v) is 6.26. The summed E-state index contributed by atoms with van der Waals surface area (Å²) in [5.41, 5.74) is 3.37. The van der Waals surface area contributed by atoms with Crippen molar-refractivity contribution in [2.75, 3.05) is 0 Å². The first-order valence-corrected chi connectivity index (χ1v) is 8.05. The molecule has 4 nitrogen and oxygen atoms in total. The van der Waals surface area contributed by atoms with Gasteiger partial charge in [0.2, 0.25) is 5.91 Å². The highest BCUT2D eigenvalue weighted by Gasteiger charge is 2.21. The fourth-order valence-corrected chi connectivity index (χ4v) is 3.62. The highest BCUT2D eigenvalue weighted by molar-refractivity contribution is 7.07. The summed E-state index contributed by atoms with van der Waals surface area (Å²) in [5, 5.41) is 4.86. The summed E-state index contributed by atoms with van der Waals surface area (Å²) in [6.45, 7) is 1.95. The molecule has 1 atom stereocenters. The topological polar surface area (TPSA) is 51.1 Å². The number of nitrogens with one attached hydrogen (secondary N) is 1. The predicted molar refractivity (Wildman–Crippen MR) is 83.6 cm³/mol. The smallest absolute Gasteiger partial charge is 0.307 e. The van der Waals surface area contributed by atoms with Crippen molar-refractivity contribution >= 4 is 17.2 Å². The highest BCUT2D eigenvalue weighted by atomic mass is 32.1. The molecule has 21 heavy (non-hydrogen) atoms. The number of benzene rings is 1. The summed E-state index contributed by atoms with van der Waals surface area (Å²) in [6, 6.07) is 8.33. The average Bonchev–Trinajstić information content (AvgIpc) is 2.79. The van der Waals surface area contributed by atoms with Gasteiger partial charge in [0.05, 0.1) is 6.04 Å². The van der Waals surface area contributed by atoms with Gasteiger partial charge in [-0.1, -0.05) is 35.6 Å². The molecule has 1 heterocycles. The third kappa shape index (κ3) is 2.93. The zero-order valence-electron chi connectivity index (χ0n) is 12.0. The number of thiazole rings is 1. The third-order valence-electron chi connectivity index (χ3n) is 3.98. The fraction of sp³-hybridized carbons (Fsp3) is 0.375. The number of amides is 1. The van der Waals surface area contributed by atoms with E-state index in [0.717, 1.165) is 36.3 Å². The first kappa shape index (κ1) is 14.1. The van der Waals surface area contributed by atoms with Crippen molar-refractivity contribution in [3.8, 4) is 0 Å². The number of hydrogen-bond acceptors (Lipinski definition) is 3. The molecule has 1 unspecified atom stereocenters. The molecule has 1 aromatic heterocycles. The Kier molecular flexibility index (Phi) is 3.92. The van der Waals surface area contributed by atoms with Gasteiger partial charge in [-0.3, -0.25) is 14.2 Å². The summed E-state index contributed by atoms with van der Waals surface area (Å²) in [6.07, 6.45) is 3.12. The van der Waals surface area contributed by atoms with Gasteiger partial charge < -0.3 is 5.32 Å².